The van der Waals surface area contributed by atoms with Crippen molar-refractivity contribution in [2.24, 2.45) is 0 Å². The van der Waals surface area contributed by atoms with Gasteiger partial charge in [-0.1, -0.05) is 30.3 Å². The fraction of sp³-hybridized carbons (Fsp3) is 0.100. The van der Waals surface area contributed by atoms with Crippen molar-refractivity contribution in [3.63, 3.8) is 0 Å². The van der Waals surface area contributed by atoms with Crippen LogP contribution in [0.2, 0.25) is 0 Å². The second-order valence-electron chi connectivity index (χ2n) is 5.54. The summed E-state index contributed by atoms with van der Waals surface area (Å²) < 4.78 is 5.31. The van der Waals surface area contributed by atoms with Gasteiger partial charge in [-0.05, 0) is 24.3 Å². The zero-order chi connectivity index (χ0) is 19.1. The highest BCUT2D eigenvalue weighted by molar-refractivity contribution is 6.03. The zero-order valence-electron chi connectivity index (χ0n) is 14.6. The molecule has 3 rings (SSSR count). The van der Waals surface area contributed by atoms with E-state index in [9.17, 15) is 4.79 Å². The van der Waals surface area contributed by atoms with E-state index in [1.54, 1.807) is 31.4 Å². The molecule has 134 valence electrons. The Bertz CT molecular complexity index is 997. The number of ether oxygens (including phenoxy) is 1. The molecule has 1 aromatic heterocycles. The Kier molecular flexibility index (Phi) is 5.60. The minimum atomic E-state index is -0.416. The van der Waals surface area contributed by atoms with Crippen LogP contribution in [0.5, 0.6) is 5.75 Å². The maximum Gasteiger partial charge on any atom is 0.274 e. The fourth-order valence-electron chi connectivity index (χ4n) is 2.47. The smallest absolute Gasteiger partial charge is 0.274 e. The Morgan fingerprint density at radius 3 is 2.74 bits per heavy atom. The van der Waals surface area contributed by atoms with Crippen molar-refractivity contribution >= 4 is 17.5 Å². The predicted octanol–water partition coefficient (Wildman–Crippen LogP) is 3.22. The van der Waals surface area contributed by atoms with E-state index in [2.05, 4.69) is 20.6 Å². The number of nitriles is 1. The number of benzene rings is 2. The molecule has 3 aromatic rings. The first kappa shape index (κ1) is 17.9. The summed E-state index contributed by atoms with van der Waals surface area (Å²) in [5.74, 6) is 0.662. The number of nitrogens with one attached hydrogen (secondary N) is 2. The standard InChI is InChI=1S/C20H17N5O2/c1-27-18-9-5-3-7-15(18)13-23-20-22-11-10-17(25-20)19(26)24-16-8-4-2-6-14(16)12-21/h2-11H,13H2,1H3,(H,24,26)(H,22,23,25). The van der Waals surface area contributed by atoms with E-state index in [-0.39, 0.29) is 5.69 Å². The van der Waals surface area contributed by atoms with Crippen LogP contribution in [0.25, 0.3) is 0 Å². The molecule has 0 unspecified atom stereocenters. The van der Waals surface area contributed by atoms with Gasteiger partial charge >= 0.3 is 0 Å². The first-order valence-corrected chi connectivity index (χ1v) is 8.20. The second-order valence-corrected chi connectivity index (χ2v) is 5.54. The summed E-state index contributed by atoms with van der Waals surface area (Å²) in [6, 6.07) is 17.9. The van der Waals surface area contributed by atoms with Gasteiger partial charge in [-0.25, -0.2) is 9.97 Å². The van der Waals surface area contributed by atoms with Crippen LogP contribution in [-0.2, 0) is 6.54 Å². The Morgan fingerprint density at radius 2 is 1.93 bits per heavy atom. The van der Waals surface area contributed by atoms with Crippen LogP contribution in [0, 0.1) is 11.3 Å². The third-order valence-electron chi connectivity index (χ3n) is 3.81. The van der Waals surface area contributed by atoms with Crippen molar-refractivity contribution in [1.29, 1.82) is 5.26 Å². The highest BCUT2D eigenvalue weighted by atomic mass is 16.5. The molecule has 0 saturated carbocycles. The van der Waals surface area contributed by atoms with Crippen LogP contribution in [0.4, 0.5) is 11.6 Å². The monoisotopic (exact) mass is 359 g/mol. The van der Waals surface area contributed by atoms with Gasteiger partial charge in [-0.2, -0.15) is 5.26 Å². The summed E-state index contributed by atoms with van der Waals surface area (Å²) in [6.45, 7) is 0.451. The summed E-state index contributed by atoms with van der Waals surface area (Å²) >= 11 is 0. The molecule has 0 saturated heterocycles. The number of hydrogen-bond acceptors (Lipinski definition) is 6. The molecular weight excluding hydrogens is 342 g/mol. The molecule has 0 atom stereocenters. The molecule has 27 heavy (non-hydrogen) atoms. The normalized spacial score (nSPS) is 9.93. The number of methoxy groups -OCH3 is 1. The van der Waals surface area contributed by atoms with Crippen molar-refractivity contribution in [3.8, 4) is 11.8 Å². The number of aromatic nitrogens is 2. The fourth-order valence-corrected chi connectivity index (χ4v) is 2.47. The lowest BCUT2D eigenvalue weighted by Crippen LogP contribution is -2.16. The summed E-state index contributed by atoms with van der Waals surface area (Å²) in [6.07, 6.45) is 1.50. The molecule has 0 radical (unpaired) electrons. The van der Waals surface area contributed by atoms with Crippen LogP contribution in [-0.4, -0.2) is 23.0 Å². The van der Waals surface area contributed by atoms with Gasteiger partial charge in [-0.15, -0.1) is 0 Å². The Morgan fingerprint density at radius 1 is 1.15 bits per heavy atom. The van der Waals surface area contributed by atoms with E-state index < -0.39 is 5.91 Å². The van der Waals surface area contributed by atoms with E-state index >= 15 is 0 Å². The van der Waals surface area contributed by atoms with Crippen molar-refractivity contribution in [2.75, 3.05) is 17.7 Å². The summed E-state index contributed by atoms with van der Waals surface area (Å²) in [4.78, 5) is 20.8. The van der Waals surface area contributed by atoms with Crippen LogP contribution >= 0.6 is 0 Å². The van der Waals surface area contributed by atoms with Crippen molar-refractivity contribution in [3.05, 3.63) is 77.6 Å². The number of hydrogen-bond donors (Lipinski definition) is 2. The number of rotatable bonds is 6. The maximum atomic E-state index is 12.5. The minimum Gasteiger partial charge on any atom is -0.496 e. The predicted molar refractivity (Wildman–Crippen MR) is 101 cm³/mol. The number of carbonyl (C=O) groups excluding carboxylic acids is 1. The number of nitrogens with zero attached hydrogens (tertiary/aromatic N) is 3. The van der Waals surface area contributed by atoms with E-state index in [0.29, 0.717) is 23.7 Å². The summed E-state index contributed by atoms with van der Waals surface area (Å²) in [5, 5.41) is 14.9. The second kappa shape index (κ2) is 8.45. The quantitative estimate of drug-likeness (QED) is 0.701. The third-order valence-corrected chi connectivity index (χ3v) is 3.81. The lowest BCUT2D eigenvalue weighted by molar-refractivity contribution is 0.102. The van der Waals surface area contributed by atoms with Crippen molar-refractivity contribution in [1.82, 2.24) is 9.97 Å². The van der Waals surface area contributed by atoms with E-state index in [4.69, 9.17) is 10.00 Å². The molecule has 7 heteroatoms. The molecule has 0 aliphatic heterocycles. The van der Waals surface area contributed by atoms with Gasteiger partial charge in [0.1, 0.15) is 17.5 Å². The minimum absolute atomic E-state index is 0.195. The largest absolute Gasteiger partial charge is 0.496 e. The van der Waals surface area contributed by atoms with Gasteiger partial charge in [0.15, 0.2) is 0 Å². The van der Waals surface area contributed by atoms with Gasteiger partial charge in [0, 0.05) is 18.3 Å². The summed E-state index contributed by atoms with van der Waals surface area (Å²) in [7, 11) is 1.61. The number of anilines is 2. The molecular formula is C20H17N5O2. The zero-order valence-corrected chi connectivity index (χ0v) is 14.6. The van der Waals surface area contributed by atoms with Gasteiger partial charge in [0.2, 0.25) is 5.95 Å². The number of amides is 1. The first-order chi connectivity index (χ1) is 13.2. The maximum absolute atomic E-state index is 12.5. The molecule has 0 spiro atoms. The number of para-hydroxylation sites is 2. The van der Waals surface area contributed by atoms with Crippen molar-refractivity contribution in [2.45, 2.75) is 6.54 Å². The molecule has 1 heterocycles. The Balaban J connectivity index is 1.71. The van der Waals surface area contributed by atoms with Crippen LogP contribution in [0.1, 0.15) is 21.6 Å². The highest BCUT2D eigenvalue weighted by Crippen LogP contribution is 2.18. The van der Waals surface area contributed by atoms with Gasteiger partial charge < -0.3 is 15.4 Å². The SMILES string of the molecule is COc1ccccc1CNc1nccc(C(=O)Nc2ccccc2C#N)n1. The molecule has 2 N–H and O–H groups in total. The van der Waals surface area contributed by atoms with Gasteiger partial charge in [0.25, 0.3) is 5.91 Å². The Labute approximate surface area is 156 Å². The van der Waals surface area contributed by atoms with Crippen LogP contribution in [0.3, 0.4) is 0 Å². The van der Waals surface area contributed by atoms with E-state index in [1.807, 2.05) is 30.3 Å². The molecule has 1 amide bonds. The molecule has 0 aliphatic carbocycles. The van der Waals surface area contributed by atoms with Crippen LogP contribution in [0.15, 0.2) is 60.8 Å². The van der Waals surface area contributed by atoms with Gasteiger partial charge in [-0.3, -0.25) is 4.79 Å². The van der Waals surface area contributed by atoms with E-state index in [1.165, 1.54) is 12.3 Å². The van der Waals surface area contributed by atoms with Crippen LogP contribution < -0.4 is 15.4 Å². The molecule has 2 aromatic carbocycles. The summed E-state index contributed by atoms with van der Waals surface area (Å²) in [5.41, 5.74) is 1.96. The molecule has 7 nitrogen and oxygen atoms in total. The molecule has 0 fully saturated rings. The highest BCUT2D eigenvalue weighted by Gasteiger charge is 2.11. The average Bonchev–Trinajstić information content (AvgIpc) is 2.73. The average molecular weight is 359 g/mol. The van der Waals surface area contributed by atoms with Gasteiger partial charge in [0.05, 0.1) is 18.4 Å². The van der Waals surface area contributed by atoms with E-state index in [0.717, 1.165) is 11.3 Å². The third kappa shape index (κ3) is 4.38. The lowest BCUT2D eigenvalue weighted by Gasteiger charge is -2.10. The van der Waals surface area contributed by atoms with Crippen molar-refractivity contribution < 1.29 is 9.53 Å². The number of carbonyl (C=O) groups is 1. The molecule has 0 bridgehead atoms. The Hall–Kier alpha value is -3.92. The lowest BCUT2D eigenvalue weighted by atomic mass is 10.2. The molecule has 0 aliphatic rings. The first-order valence-electron chi connectivity index (χ1n) is 8.20. The topological polar surface area (TPSA) is 99.9 Å².